The van der Waals surface area contributed by atoms with Crippen LogP contribution < -0.4 is 5.32 Å². The van der Waals surface area contributed by atoms with Gasteiger partial charge in [0.15, 0.2) is 0 Å². The fourth-order valence-electron chi connectivity index (χ4n) is 1.82. The molecule has 1 heterocycles. The third-order valence-corrected chi connectivity index (χ3v) is 3.78. The van der Waals surface area contributed by atoms with Crippen molar-refractivity contribution >= 4 is 11.3 Å². The molecule has 0 aliphatic rings. The van der Waals surface area contributed by atoms with Crippen LogP contribution in [0.25, 0.3) is 0 Å². The molecule has 0 spiro atoms. The summed E-state index contributed by atoms with van der Waals surface area (Å²) in [5, 5.41) is 15.6. The van der Waals surface area contributed by atoms with Crippen molar-refractivity contribution in [3.8, 4) is 0 Å². The molecule has 2 N–H and O–H groups in total. The largest absolute Gasteiger partial charge is 0.386 e. The van der Waals surface area contributed by atoms with Crippen molar-refractivity contribution < 1.29 is 9.84 Å². The molecule has 0 aromatic carbocycles. The number of aliphatic hydroxyl groups is 1. The van der Waals surface area contributed by atoms with Crippen LogP contribution in [0.2, 0.25) is 0 Å². The van der Waals surface area contributed by atoms with Crippen molar-refractivity contribution in [1.82, 2.24) is 5.32 Å². The lowest BCUT2D eigenvalue weighted by molar-refractivity contribution is 0.0741. The maximum Gasteiger partial charge on any atom is 0.103 e. The van der Waals surface area contributed by atoms with Crippen molar-refractivity contribution in [3.05, 3.63) is 22.4 Å². The highest BCUT2D eigenvalue weighted by molar-refractivity contribution is 7.10. The summed E-state index contributed by atoms with van der Waals surface area (Å²) >= 11 is 1.61. The maximum atomic E-state index is 10.2. The summed E-state index contributed by atoms with van der Waals surface area (Å²) in [4.78, 5) is 1.03. The molecule has 18 heavy (non-hydrogen) atoms. The van der Waals surface area contributed by atoms with Crippen LogP contribution in [0.1, 0.15) is 44.6 Å². The molecule has 0 saturated carbocycles. The number of thiophene rings is 1. The number of hydrogen-bond donors (Lipinski definition) is 2. The van der Waals surface area contributed by atoms with Crippen molar-refractivity contribution in [1.29, 1.82) is 0 Å². The summed E-state index contributed by atoms with van der Waals surface area (Å²) in [7, 11) is 0. The molecule has 1 aromatic heterocycles. The lowest BCUT2D eigenvalue weighted by Crippen LogP contribution is -2.35. The van der Waals surface area contributed by atoms with Gasteiger partial charge in [0.1, 0.15) is 6.10 Å². The van der Waals surface area contributed by atoms with Crippen molar-refractivity contribution in [2.45, 2.75) is 51.9 Å². The Balaban J connectivity index is 2.25. The van der Waals surface area contributed by atoms with E-state index in [0.717, 1.165) is 30.9 Å². The normalized spacial score (nSPS) is 14.9. The van der Waals surface area contributed by atoms with E-state index >= 15 is 0 Å². The minimum Gasteiger partial charge on any atom is -0.386 e. The van der Waals surface area contributed by atoms with Gasteiger partial charge in [0.05, 0.1) is 6.10 Å². The van der Waals surface area contributed by atoms with Gasteiger partial charge >= 0.3 is 0 Å². The Hall–Kier alpha value is -0.420. The molecular weight excluding hydrogens is 246 g/mol. The second-order valence-corrected chi connectivity index (χ2v) is 5.68. The SMILES string of the molecule is CCC(NCCCOC(C)C)C(O)c1cccs1. The van der Waals surface area contributed by atoms with Gasteiger partial charge in [0.25, 0.3) is 0 Å². The maximum absolute atomic E-state index is 10.2. The van der Waals surface area contributed by atoms with Gasteiger partial charge in [-0.2, -0.15) is 0 Å². The zero-order valence-electron chi connectivity index (χ0n) is 11.6. The van der Waals surface area contributed by atoms with Crippen LogP contribution in [-0.2, 0) is 4.74 Å². The van der Waals surface area contributed by atoms with E-state index < -0.39 is 6.10 Å². The van der Waals surface area contributed by atoms with E-state index in [9.17, 15) is 5.11 Å². The van der Waals surface area contributed by atoms with Gasteiger partial charge in [0.2, 0.25) is 0 Å². The molecule has 4 heteroatoms. The summed E-state index contributed by atoms with van der Waals surface area (Å²) in [5.74, 6) is 0. The van der Waals surface area contributed by atoms with Crippen molar-refractivity contribution in [2.24, 2.45) is 0 Å². The Morgan fingerprint density at radius 3 is 2.78 bits per heavy atom. The first kappa shape index (κ1) is 15.6. The average molecular weight is 271 g/mol. The monoisotopic (exact) mass is 271 g/mol. The number of hydrogen-bond acceptors (Lipinski definition) is 4. The molecule has 3 nitrogen and oxygen atoms in total. The number of rotatable bonds is 9. The van der Waals surface area contributed by atoms with E-state index in [-0.39, 0.29) is 6.04 Å². The Morgan fingerprint density at radius 2 is 2.22 bits per heavy atom. The Morgan fingerprint density at radius 1 is 1.44 bits per heavy atom. The van der Waals surface area contributed by atoms with Gasteiger partial charge in [-0.1, -0.05) is 13.0 Å². The summed E-state index contributed by atoms with van der Waals surface area (Å²) < 4.78 is 5.49. The van der Waals surface area contributed by atoms with E-state index in [2.05, 4.69) is 12.2 Å². The molecule has 1 aromatic rings. The first-order valence-electron chi connectivity index (χ1n) is 6.71. The Labute approximate surface area is 114 Å². The third-order valence-electron chi connectivity index (χ3n) is 2.83. The summed E-state index contributed by atoms with van der Waals surface area (Å²) in [6.07, 6.45) is 1.79. The Bertz CT molecular complexity index is 301. The van der Waals surface area contributed by atoms with Crippen molar-refractivity contribution in [3.63, 3.8) is 0 Å². The number of ether oxygens (including phenoxy) is 1. The van der Waals surface area contributed by atoms with Crippen molar-refractivity contribution in [2.75, 3.05) is 13.2 Å². The lowest BCUT2D eigenvalue weighted by Gasteiger charge is -2.22. The Kier molecular flexibility index (Phi) is 7.51. The highest BCUT2D eigenvalue weighted by atomic mass is 32.1. The van der Waals surface area contributed by atoms with E-state index in [1.54, 1.807) is 11.3 Å². The summed E-state index contributed by atoms with van der Waals surface area (Å²) in [6, 6.07) is 4.09. The standard InChI is InChI=1S/C14H25NO2S/c1-4-12(14(16)13-7-5-10-18-13)15-8-6-9-17-11(2)3/h5,7,10-12,14-16H,4,6,8-9H2,1-3H3. The van der Waals surface area contributed by atoms with Crippen LogP contribution in [0.3, 0.4) is 0 Å². The van der Waals surface area contributed by atoms with Gasteiger partial charge in [-0.15, -0.1) is 11.3 Å². The summed E-state index contributed by atoms with van der Waals surface area (Å²) in [6.45, 7) is 7.84. The van der Waals surface area contributed by atoms with Gasteiger partial charge in [0, 0.05) is 17.5 Å². The van der Waals surface area contributed by atoms with Crippen LogP contribution in [0, 0.1) is 0 Å². The molecule has 0 aliphatic carbocycles. The second kappa shape index (κ2) is 8.64. The fraction of sp³-hybridized carbons (Fsp3) is 0.714. The van der Waals surface area contributed by atoms with Crippen LogP contribution >= 0.6 is 11.3 Å². The predicted molar refractivity (Wildman–Crippen MR) is 77.1 cm³/mol. The first-order chi connectivity index (χ1) is 8.65. The van der Waals surface area contributed by atoms with Crippen LogP contribution in [0.5, 0.6) is 0 Å². The van der Waals surface area contributed by atoms with Gasteiger partial charge < -0.3 is 15.2 Å². The molecule has 0 fully saturated rings. The third kappa shape index (κ3) is 5.48. The van der Waals surface area contributed by atoms with E-state index in [0.29, 0.717) is 6.10 Å². The van der Waals surface area contributed by atoms with E-state index in [1.807, 2.05) is 31.4 Å². The molecule has 104 valence electrons. The zero-order valence-corrected chi connectivity index (χ0v) is 12.4. The van der Waals surface area contributed by atoms with Crippen LogP contribution in [-0.4, -0.2) is 30.4 Å². The van der Waals surface area contributed by atoms with Gasteiger partial charge in [-0.05, 0) is 44.7 Å². The van der Waals surface area contributed by atoms with E-state index in [4.69, 9.17) is 4.74 Å². The highest BCUT2D eigenvalue weighted by Gasteiger charge is 2.19. The molecule has 2 atom stereocenters. The average Bonchev–Trinajstić information content (AvgIpc) is 2.86. The van der Waals surface area contributed by atoms with Crippen LogP contribution in [0.15, 0.2) is 17.5 Å². The molecule has 1 rings (SSSR count). The minimum atomic E-state index is -0.402. The van der Waals surface area contributed by atoms with Gasteiger partial charge in [-0.25, -0.2) is 0 Å². The molecule has 0 amide bonds. The molecule has 2 unspecified atom stereocenters. The molecule has 0 aliphatic heterocycles. The summed E-state index contributed by atoms with van der Waals surface area (Å²) in [5.41, 5.74) is 0. The quantitative estimate of drug-likeness (QED) is 0.679. The first-order valence-corrected chi connectivity index (χ1v) is 7.59. The topological polar surface area (TPSA) is 41.5 Å². The second-order valence-electron chi connectivity index (χ2n) is 4.70. The van der Waals surface area contributed by atoms with Gasteiger partial charge in [-0.3, -0.25) is 0 Å². The molecular formula is C14H25NO2S. The molecule has 0 radical (unpaired) electrons. The molecule has 0 bridgehead atoms. The zero-order chi connectivity index (χ0) is 13.4. The number of aliphatic hydroxyl groups excluding tert-OH is 1. The fourth-order valence-corrected chi connectivity index (χ4v) is 2.59. The smallest absolute Gasteiger partial charge is 0.103 e. The predicted octanol–water partition coefficient (Wildman–Crippen LogP) is 2.96. The molecule has 0 saturated heterocycles. The van der Waals surface area contributed by atoms with Crippen LogP contribution in [0.4, 0.5) is 0 Å². The van der Waals surface area contributed by atoms with E-state index in [1.165, 1.54) is 0 Å². The number of nitrogens with one attached hydrogen (secondary N) is 1. The highest BCUT2D eigenvalue weighted by Crippen LogP contribution is 2.23. The lowest BCUT2D eigenvalue weighted by atomic mass is 10.1. The minimum absolute atomic E-state index is 0.127.